The molecule has 3 heterocycles. The molecule has 2 aromatic heterocycles. The highest BCUT2D eigenvalue weighted by Crippen LogP contribution is 2.42. The van der Waals surface area contributed by atoms with Gasteiger partial charge in [-0.3, -0.25) is 0 Å². The van der Waals surface area contributed by atoms with Gasteiger partial charge in [0, 0.05) is 24.8 Å². The zero-order valence-corrected chi connectivity index (χ0v) is 14.0. The second-order valence-corrected chi connectivity index (χ2v) is 6.46. The largest absolute Gasteiger partial charge is 0.481 e. The summed E-state index contributed by atoms with van der Waals surface area (Å²) in [6, 6.07) is 0.290. The van der Waals surface area contributed by atoms with Gasteiger partial charge in [-0.05, 0) is 39.0 Å². The smallest absolute Gasteiger partial charge is 0.216 e. The van der Waals surface area contributed by atoms with E-state index in [0.29, 0.717) is 6.04 Å². The number of rotatable bonds is 3. The summed E-state index contributed by atoms with van der Waals surface area (Å²) >= 11 is 0. The first-order chi connectivity index (χ1) is 11.2. The maximum Gasteiger partial charge on any atom is 0.216 e. The molecule has 1 fully saturated rings. The number of aromatic nitrogens is 4. The van der Waals surface area contributed by atoms with E-state index in [0.717, 1.165) is 43.2 Å². The molecule has 2 aliphatic rings. The Morgan fingerprint density at radius 1 is 1.22 bits per heavy atom. The minimum absolute atomic E-state index is 0.290. The molecule has 1 saturated heterocycles. The van der Waals surface area contributed by atoms with Crippen LogP contribution in [0.25, 0.3) is 0 Å². The van der Waals surface area contributed by atoms with Crippen LogP contribution < -0.4 is 9.64 Å². The van der Waals surface area contributed by atoms with Crippen LogP contribution in [0.5, 0.6) is 5.88 Å². The van der Waals surface area contributed by atoms with E-state index < -0.39 is 0 Å². The van der Waals surface area contributed by atoms with E-state index in [4.69, 9.17) is 4.74 Å². The summed E-state index contributed by atoms with van der Waals surface area (Å²) in [5.41, 5.74) is 4.83. The van der Waals surface area contributed by atoms with Crippen LogP contribution in [-0.2, 0) is 19.9 Å². The first-order valence-corrected chi connectivity index (χ1v) is 8.37. The van der Waals surface area contributed by atoms with E-state index in [9.17, 15) is 0 Å². The van der Waals surface area contributed by atoms with Crippen molar-refractivity contribution in [3.05, 3.63) is 28.8 Å². The van der Waals surface area contributed by atoms with Gasteiger partial charge in [0.05, 0.1) is 24.4 Å². The fourth-order valence-corrected chi connectivity index (χ4v) is 4.19. The molecule has 0 radical (unpaired) electrons. The molecule has 0 aromatic carbocycles. The predicted molar refractivity (Wildman–Crippen MR) is 87.9 cm³/mol. The van der Waals surface area contributed by atoms with Gasteiger partial charge in [-0.15, -0.1) is 0 Å². The van der Waals surface area contributed by atoms with Crippen LogP contribution in [0.3, 0.4) is 0 Å². The average Bonchev–Trinajstić information content (AvgIpc) is 3.24. The molecule has 6 nitrogen and oxygen atoms in total. The van der Waals surface area contributed by atoms with Gasteiger partial charge in [-0.25, -0.2) is 14.6 Å². The van der Waals surface area contributed by atoms with E-state index in [1.54, 1.807) is 13.4 Å². The zero-order valence-electron chi connectivity index (χ0n) is 14.0. The molecular formula is C17H23N5O. The van der Waals surface area contributed by atoms with Gasteiger partial charge < -0.3 is 9.64 Å². The lowest BCUT2D eigenvalue weighted by atomic mass is 10.0. The number of nitrogens with zero attached hydrogens (tertiary/aromatic N) is 5. The summed E-state index contributed by atoms with van der Waals surface area (Å²) < 4.78 is 7.47. The third kappa shape index (κ3) is 2.19. The Morgan fingerprint density at radius 2 is 2.09 bits per heavy atom. The highest BCUT2D eigenvalue weighted by atomic mass is 16.5. The monoisotopic (exact) mass is 313 g/mol. The molecular weight excluding hydrogens is 290 g/mol. The van der Waals surface area contributed by atoms with Crippen LogP contribution in [0.1, 0.15) is 47.8 Å². The van der Waals surface area contributed by atoms with Crippen LogP contribution in [0.2, 0.25) is 0 Å². The van der Waals surface area contributed by atoms with E-state index in [2.05, 4.69) is 26.9 Å². The lowest BCUT2D eigenvalue weighted by Gasteiger charge is -2.27. The number of aryl methyl sites for hydroxylation is 3. The van der Waals surface area contributed by atoms with Crippen molar-refractivity contribution in [3.8, 4) is 5.88 Å². The first-order valence-electron chi connectivity index (χ1n) is 8.37. The van der Waals surface area contributed by atoms with Crippen molar-refractivity contribution in [1.82, 2.24) is 19.7 Å². The first kappa shape index (κ1) is 14.5. The summed E-state index contributed by atoms with van der Waals surface area (Å²) in [5, 5.41) is 4.56. The van der Waals surface area contributed by atoms with Crippen molar-refractivity contribution in [2.45, 2.75) is 45.1 Å². The lowest BCUT2D eigenvalue weighted by Crippen LogP contribution is -2.25. The van der Waals surface area contributed by atoms with Gasteiger partial charge in [0.25, 0.3) is 0 Å². The molecule has 6 heteroatoms. The second kappa shape index (κ2) is 5.51. The van der Waals surface area contributed by atoms with Gasteiger partial charge in [-0.2, -0.15) is 5.10 Å². The Morgan fingerprint density at radius 3 is 2.91 bits per heavy atom. The highest BCUT2D eigenvalue weighted by Gasteiger charge is 2.35. The van der Waals surface area contributed by atoms with Crippen molar-refractivity contribution in [3.63, 3.8) is 0 Å². The summed E-state index contributed by atoms with van der Waals surface area (Å²) in [7, 11) is 3.67. The van der Waals surface area contributed by atoms with E-state index >= 15 is 0 Å². The second-order valence-electron chi connectivity index (χ2n) is 6.46. The Hall–Kier alpha value is -2.11. The van der Waals surface area contributed by atoms with Crippen molar-refractivity contribution in [1.29, 1.82) is 0 Å². The Kier molecular flexibility index (Phi) is 3.47. The number of anilines is 1. The van der Waals surface area contributed by atoms with Gasteiger partial charge in [-0.1, -0.05) is 0 Å². The maximum absolute atomic E-state index is 5.63. The summed E-state index contributed by atoms with van der Waals surface area (Å²) in [6.07, 6.45) is 7.37. The number of hydrogen-bond donors (Lipinski definition) is 0. The molecule has 0 amide bonds. The fourth-order valence-electron chi connectivity index (χ4n) is 4.19. The molecule has 0 bridgehead atoms. The zero-order chi connectivity index (χ0) is 16.0. The minimum Gasteiger partial charge on any atom is -0.481 e. The SMILES string of the molecule is COc1c([C@@H]2CCCN2c2ncnc3c2CCC3)c(C)nn1C. The van der Waals surface area contributed by atoms with Gasteiger partial charge in [0.1, 0.15) is 12.1 Å². The Balaban J connectivity index is 1.78. The van der Waals surface area contributed by atoms with E-state index in [-0.39, 0.29) is 0 Å². The number of methoxy groups -OCH3 is 1. The maximum atomic E-state index is 5.63. The molecule has 4 rings (SSSR count). The molecule has 1 aliphatic carbocycles. The van der Waals surface area contributed by atoms with Crippen LogP contribution in [-0.4, -0.2) is 33.4 Å². The quantitative estimate of drug-likeness (QED) is 0.870. The molecule has 0 spiro atoms. The fraction of sp³-hybridized carbons (Fsp3) is 0.588. The molecule has 1 aliphatic heterocycles. The van der Waals surface area contributed by atoms with Gasteiger partial charge in [0.15, 0.2) is 0 Å². The molecule has 0 saturated carbocycles. The molecule has 23 heavy (non-hydrogen) atoms. The lowest BCUT2D eigenvalue weighted by molar-refractivity contribution is 0.366. The molecule has 122 valence electrons. The molecule has 1 atom stereocenters. The van der Waals surface area contributed by atoms with Crippen molar-refractivity contribution >= 4 is 5.82 Å². The molecule has 0 unspecified atom stereocenters. The highest BCUT2D eigenvalue weighted by molar-refractivity contribution is 5.54. The van der Waals surface area contributed by atoms with E-state index in [1.165, 1.54) is 29.7 Å². The van der Waals surface area contributed by atoms with Crippen molar-refractivity contribution in [2.24, 2.45) is 7.05 Å². The number of hydrogen-bond acceptors (Lipinski definition) is 5. The van der Waals surface area contributed by atoms with Crippen LogP contribution in [0.4, 0.5) is 5.82 Å². The third-order valence-electron chi connectivity index (χ3n) is 5.12. The third-order valence-corrected chi connectivity index (χ3v) is 5.12. The van der Waals surface area contributed by atoms with Crippen molar-refractivity contribution < 1.29 is 4.74 Å². The van der Waals surface area contributed by atoms with Crippen molar-refractivity contribution in [2.75, 3.05) is 18.6 Å². The summed E-state index contributed by atoms with van der Waals surface area (Å²) in [4.78, 5) is 11.6. The van der Waals surface area contributed by atoms with Gasteiger partial charge in [0.2, 0.25) is 5.88 Å². The molecule has 2 aromatic rings. The molecule has 0 N–H and O–H groups in total. The predicted octanol–water partition coefficient (Wildman–Crippen LogP) is 2.36. The summed E-state index contributed by atoms with van der Waals surface area (Å²) in [5.74, 6) is 1.99. The topological polar surface area (TPSA) is 56.1 Å². The van der Waals surface area contributed by atoms with Crippen LogP contribution >= 0.6 is 0 Å². The average molecular weight is 313 g/mol. The summed E-state index contributed by atoms with van der Waals surface area (Å²) in [6.45, 7) is 3.10. The normalized spacial score (nSPS) is 20.1. The van der Waals surface area contributed by atoms with E-state index in [1.807, 2.05) is 11.7 Å². The number of fused-ring (bicyclic) bond motifs is 1. The Bertz CT molecular complexity index is 739. The van der Waals surface area contributed by atoms with Crippen LogP contribution in [0.15, 0.2) is 6.33 Å². The van der Waals surface area contributed by atoms with Crippen LogP contribution in [0, 0.1) is 6.92 Å². The number of ether oxygens (including phenoxy) is 1. The Labute approximate surface area is 136 Å². The standard InChI is InChI=1S/C17H23N5O/c1-11-15(17(23-3)21(2)20-11)14-8-5-9-22(14)16-12-6-4-7-13(12)18-10-19-16/h10,14H,4-9H2,1-3H3/t14-/m0/s1. The van der Waals surface area contributed by atoms with Gasteiger partial charge >= 0.3 is 0 Å². The minimum atomic E-state index is 0.290.